The van der Waals surface area contributed by atoms with E-state index in [1.54, 1.807) is 12.4 Å². The summed E-state index contributed by atoms with van der Waals surface area (Å²) in [6, 6.07) is 3.78. The van der Waals surface area contributed by atoms with Crippen LogP contribution in [-0.2, 0) is 26.4 Å². The standard InChI is InChI=1S/C11H19N3O4S2/c1-19(15,16)10-20(17,18)14-7-3-6-13-9-11-4-2-5-12-8-11/h2,4-5,8,13-14H,3,6-7,9-10H2,1H3. The van der Waals surface area contributed by atoms with E-state index in [0.29, 0.717) is 19.5 Å². The van der Waals surface area contributed by atoms with Crippen LogP contribution in [0, 0.1) is 0 Å². The molecule has 0 saturated heterocycles. The zero-order valence-electron chi connectivity index (χ0n) is 11.2. The molecule has 0 unspecified atom stereocenters. The van der Waals surface area contributed by atoms with Gasteiger partial charge in [0.25, 0.3) is 0 Å². The van der Waals surface area contributed by atoms with Crippen LogP contribution < -0.4 is 10.0 Å². The van der Waals surface area contributed by atoms with Gasteiger partial charge < -0.3 is 5.32 Å². The van der Waals surface area contributed by atoms with Gasteiger partial charge in [-0.1, -0.05) is 6.07 Å². The topological polar surface area (TPSA) is 105 Å². The van der Waals surface area contributed by atoms with Crippen molar-refractivity contribution < 1.29 is 16.8 Å². The maximum Gasteiger partial charge on any atom is 0.226 e. The van der Waals surface area contributed by atoms with E-state index in [-0.39, 0.29) is 6.54 Å². The van der Waals surface area contributed by atoms with E-state index in [9.17, 15) is 16.8 Å². The molecule has 114 valence electrons. The summed E-state index contributed by atoms with van der Waals surface area (Å²) in [5.74, 6) is 0. The molecule has 1 aromatic rings. The molecule has 0 amide bonds. The molecule has 1 rings (SSSR count). The van der Waals surface area contributed by atoms with E-state index in [2.05, 4.69) is 15.0 Å². The molecule has 0 spiro atoms. The Morgan fingerprint density at radius 3 is 2.55 bits per heavy atom. The van der Waals surface area contributed by atoms with Gasteiger partial charge in [-0.25, -0.2) is 21.6 Å². The highest BCUT2D eigenvalue weighted by molar-refractivity contribution is 8.06. The minimum absolute atomic E-state index is 0.206. The normalized spacial score (nSPS) is 12.4. The van der Waals surface area contributed by atoms with Crippen LogP contribution in [0.25, 0.3) is 0 Å². The lowest BCUT2D eigenvalue weighted by molar-refractivity contribution is 0.574. The smallest absolute Gasteiger partial charge is 0.226 e. The Morgan fingerprint density at radius 1 is 1.20 bits per heavy atom. The average Bonchev–Trinajstić information content (AvgIpc) is 2.32. The van der Waals surface area contributed by atoms with E-state index < -0.39 is 24.9 Å². The van der Waals surface area contributed by atoms with E-state index in [1.807, 2.05) is 12.1 Å². The molecule has 2 N–H and O–H groups in total. The van der Waals surface area contributed by atoms with Gasteiger partial charge in [0, 0.05) is 31.7 Å². The Bertz CT molecular complexity index is 600. The van der Waals surface area contributed by atoms with Gasteiger partial charge in [-0.2, -0.15) is 0 Å². The predicted molar refractivity (Wildman–Crippen MR) is 77.2 cm³/mol. The van der Waals surface area contributed by atoms with Crippen molar-refractivity contribution in [2.75, 3.05) is 24.4 Å². The van der Waals surface area contributed by atoms with Gasteiger partial charge in [-0.15, -0.1) is 0 Å². The third-order valence-corrected chi connectivity index (χ3v) is 5.87. The maximum atomic E-state index is 11.4. The number of aromatic nitrogens is 1. The summed E-state index contributed by atoms with van der Waals surface area (Å²) in [6.07, 6.45) is 4.91. The highest BCUT2D eigenvalue weighted by Gasteiger charge is 2.16. The molecule has 0 bridgehead atoms. The number of pyridine rings is 1. The third kappa shape index (κ3) is 8.20. The van der Waals surface area contributed by atoms with E-state index >= 15 is 0 Å². The van der Waals surface area contributed by atoms with E-state index in [0.717, 1.165) is 11.8 Å². The van der Waals surface area contributed by atoms with Crippen molar-refractivity contribution in [3.05, 3.63) is 30.1 Å². The molecule has 9 heteroatoms. The van der Waals surface area contributed by atoms with E-state index in [1.165, 1.54) is 0 Å². The number of nitrogens with one attached hydrogen (secondary N) is 2. The highest BCUT2D eigenvalue weighted by Crippen LogP contribution is 1.95. The first kappa shape index (κ1) is 17.0. The molecular formula is C11H19N3O4S2. The van der Waals surface area contributed by atoms with Crippen LogP contribution in [0.4, 0.5) is 0 Å². The van der Waals surface area contributed by atoms with Crippen molar-refractivity contribution in [1.82, 2.24) is 15.0 Å². The summed E-state index contributed by atoms with van der Waals surface area (Å²) in [5, 5.41) is 2.27. The first-order valence-electron chi connectivity index (χ1n) is 6.03. The van der Waals surface area contributed by atoms with Gasteiger partial charge in [0.15, 0.2) is 14.9 Å². The first-order valence-corrected chi connectivity index (χ1v) is 9.74. The quantitative estimate of drug-likeness (QED) is 0.593. The monoisotopic (exact) mass is 321 g/mol. The van der Waals surface area contributed by atoms with Crippen LogP contribution in [0.2, 0.25) is 0 Å². The van der Waals surface area contributed by atoms with Crippen LogP contribution in [0.3, 0.4) is 0 Å². The third-order valence-electron chi connectivity index (χ3n) is 2.27. The van der Waals surface area contributed by atoms with Crippen molar-refractivity contribution in [2.45, 2.75) is 13.0 Å². The molecule has 7 nitrogen and oxygen atoms in total. The second-order valence-electron chi connectivity index (χ2n) is 4.44. The molecule has 0 aromatic carbocycles. The summed E-state index contributed by atoms with van der Waals surface area (Å²) in [6.45, 7) is 1.48. The van der Waals surface area contributed by atoms with Gasteiger partial charge in [0.1, 0.15) is 0 Å². The van der Waals surface area contributed by atoms with Gasteiger partial charge in [-0.05, 0) is 24.6 Å². The summed E-state index contributed by atoms with van der Waals surface area (Å²) in [4.78, 5) is 3.98. The van der Waals surface area contributed by atoms with Crippen molar-refractivity contribution in [3.63, 3.8) is 0 Å². The van der Waals surface area contributed by atoms with E-state index in [4.69, 9.17) is 0 Å². The van der Waals surface area contributed by atoms with Crippen molar-refractivity contribution in [1.29, 1.82) is 0 Å². The molecule has 0 fully saturated rings. The number of hydrogen-bond donors (Lipinski definition) is 2. The average molecular weight is 321 g/mol. The lowest BCUT2D eigenvalue weighted by atomic mass is 10.3. The molecule has 0 saturated carbocycles. The van der Waals surface area contributed by atoms with Crippen LogP contribution in [-0.4, -0.2) is 46.2 Å². The zero-order valence-corrected chi connectivity index (χ0v) is 12.9. The second-order valence-corrected chi connectivity index (χ2v) is 8.76. The fourth-order valence-corrected chi connectivity index (χ4v) is 4.54. The van der Waals surface area contributed by atoms with Gasteiger partial charge in [-0.3, -0.25) is 4.98 Å². The first-order chi connectivity index (χ1) is 9.29. The Kier molecular flexibility index (Phi) is 6.53. The molecule has 0 radical (unpaired) electrons. The van der Waals surface area contributed by atoms with Crippen molar-refractivity contribution >= 4 is 19.9 Å². The Hall–Kier alpha value is -1.03. The number of nitrogens with zero attached hydrogens (tertiary/aromatic N) is 1. The number of hydrogen-bond acceptors (Lipinski definition) is 6. The summed E-state index contributed by atoms with van der Waals surface area (Å²) < 4.78 is 46.8. The highest BCUT2D eigenvalue weighted by atomic mass is 32.3. The zero-order chi connectivity index (χ0) is 15.1. The van der Waals surface area contributed by atoms with Crippen LogP contribution in [0.15, 0.2) is 24.5 Å². The van der Waals surface area contributed by atoms with Crippen LogP contribution in [0.1, 0.15) is 12.0 Å². The Labute approximate surface area is 119 Å². The molecule has 0 atom stereocenters. The molecular weight excluding hydrogens is 302 g/mol. The van der Waals surface area contributed by atoms with Gasteiger partial charge >= 0.3 is 0 Å². The number of sulfonamides is 1. The molecule has 20 heavy (non-hydrogen) atoms. The maximum absolute atomic E-state index is 11.4. The molecule has 1 heterocycles. The minimum atomic E-state index is -3.75. The fraction of sp³-hybridized carbons (Fsp3) is 0.545. The lowest BCUT2D eigenvalue weighted by Crippen LogP contribution is -2.31. The fourth-order valence-electron chi connectivity index (χ4n) is 1.50. The Morgan fingerprint density at radius 2 is 1.95 bits per heavy atom. The second kappa shape index (κ2) is 7.67. The molecule has 0 aliphatic heterocycles. The summed E-state index contributed by atoms with van der Waals surface area (Å²) >= 11 is 0. The molecule has 0 aliphatic rings. The summed E-state index contributed by atoms with van der Waals surface area (Å²) in [7, 11) is -7.29. The minimum Gasteiger partial charge on any atom is -0.313 e. The molecule has 1 aromatic heterocycles. The Balaban J connectivity index is 2.16. The SMILES string of the molecule is CS(=O)(=O)CS(=O)(=O)NCCCNCc1cccnc1. The number of rotatable bonds is 9. The van der Waals surface area contributed by atoms with Crippen molar-refractivity contribution in [3.8, 4) is 0 Å². The van der Waals surface area contributed by atoms with Crippen LogP contribution >= 0.6 is 0 Å². The summed E-state index contributed by atoms with van der Waals surface area (Å²) in [5.41, 5.74) is 1.05. The predicted octanol–water partition coefficient (Wildman–Crippen LogP) is -0.517. The number of sulfone groups is 1. The molecule has 0 aliphatic carbocycles. The largest absolute Gasteiger partial charge is 0.313 e. The van der Waals surface area contributed by atoms with Crippen molar-refractivity contribution in [2.24, 2.45) is 0 Å². The van der Waals surface area contributed by atoms with Gasteiger partial charge in [0.05, 0.1) is 0 Å². The van der Waals surface area contributed by atoms with Gasteiger partial charge in [0.2, 0.25) is 10.0 Å². The lowest BCUT2D eigenvalue weighted by Gasteiger charge is -2.06. The van der Waals surface area contributed by atoms with Crippen LogP contribution in [0.5, 0.6) is 0 Å².